The highest BCUT2D eigenvalue weighted by molar-refractivity contribution is 8.18. The molecule has 36 heavy (non-hydrogen) atoms. The van der Waals surface area contributed by atoms with Crippen molar-refractivity contribution in [1.82, 2.24) is 24.5 Å². The van der Waals surface area contributed by atoms with Gasteiger partial charge in [0.1, 0.15) is 6.61 Å². The predicted octanol–water partition coefficient (Wildman–Crippen LogP) is 1.25. The minimum atomic E-state index is -3.50. The standard InChI is InChI=1S/C23H26N6O5S2/c1-27(2)8-9-34-19-11-16(10-18-20(30)26-22(31)35-18)24-21(25-19)28-12-23(13-28)14-29(15-23)36(32,33)17-6-4-3-5-7-17/h3-7,10-11H,8-9,12-15H2,1-2H3,(H,26,30,31)/b18-10-. The number of carbonyl (C=O) groups is 2. The first-order valence-electron chi connectivity index (χ1n) is 11.4. The molecule has 0 radical (unpaired) electrons. The number of nitrogens with one attached hydrogen (secondary N) is 1. The summed E-state index contributed by atoms with van der Waals surface area (Å²) >= 11 is 0.821. The van der Waals surface area contributed by atoms with Gasteiger partial charge in [-0.3, -0.25) is 14.9 Å². The molecule has 5 rings (SSSR count). The van der Waals surface area contributed by atoms with E-state index < -0.39 is 21.2 Å². The molecule has 1 aromatic heterocycles. The SMILES string of the molecule is CN(C)CCOc1cc(/C=C2\SC(=O)NC2=O)nc(N2CC3(C2)CN(S(=O)(=O)c2ccccc2)C3)n1. The van der Waals surface area contributed by atoms with E-state index in [1.165, 1.54) is 4.31 Å². The molecule has 0 atom stereocenters. The quantitative estimate of drug-likeness (QED) is 0.499. The van der Waals surface area contributed by atoms with Crippen LogP contribution in [0, 0.1) is 5.41 Å². The summed E-state index contributed by atoms with van der Waals surface area (Å²) in [5.74, 6) is 0.345. The Morgan fingerprint density at radius 2 is 1.86 bits per heavy atom. The second-order valence-corrected chi connectivity index (χ2v) is 12.3. The van der Waals surface area contributed by atoms with Crippen LogP contribution < -0.4 is 15.0 Å². The van der Waals surface area contributed by atoms with Crippen LogP contribution >= 0.6 is 11.8 Å². The number of hydrogen-bond donors (Lipinski definition) is 1. The molecule has 13 heteroatoms. The summed E-state index contributed by atoms with van der Waals surface area (Å²) in [5.41, 5.74) is 0.314. The minimum Gasteiger partial charge on any atom is -0.476 e. The third-order valence-corrected chi connectivity index (χ3v) is 8.78. The van der Waals surface area contributed by atoms with Crippen LogP contribution in [-0.2, 0) is 14.8 Å². The van der Waals surface area contributed by atoms with E-state index in [4.69, 9.17) is 4.74 Å². The van der Waals surface area contributed by atoms with Crippen molar-refractivity contribution in [3.8, 4) is 5.88 Å². The fraction of sp³-hybridized carbons (Fsp3) is 0.391. The Labute approximate surface area is 213 Å². The van der Waals surface area contributed by atoms with Crippen LogP contribution in [0.15, 0.2) is 46.2 Å². The Bertz CT molecular complexity index is 1320. The van der Waals surface area contributed by atoms with E-state index in [-0.39, 0.29) is 10.3 Å². The number of rotatable bonds is 8. The molecule has 0 bridgehead atoms. The van der Waals surface area contributed by atoms with E-state index in [9.17, 15) is 18.0 Å². The van der Waals surface area contributed by atoms with Crippen molar-refractivity contribution in [2.45, 2.75) is 4.90 Å². The van der Waals surface area contributed by atoms with Crippen LogP contribution in [0.4, 0.5) is 10.7 Å². The van der Waals surface area contributed by atoms with Crippen LogP contribution in [-0.4, -0.2) is 92.2 Å². The number of nitrogens with zero attached hydrogens (tertiary/aromatic N) is 5. The Kier molecular flexibility index (Phi) is 6.49. The molecule has 1 spiro atoms. The average Bonchev–Trinajstić information content (AvgIpc) is 3.08. The number of likely N-dealkylation sites (N-methyl/N-ethyl adjacent to an activating group) is 1. The maximum absolute atomic E-state index is 12.8. The van der Waals surface area contributed by atoms with E-state index in [1.54, 1.807) is 42.5 Å². The van der Waals surface area contributed by atoms with Gasteiger partial charge >= 0.3 is 0 Å². The highest BCUT2D eigenvalue weighted by Gasteiger charge is 2.56. The van der Waals surface area contributed by atoms with Crippen molar-refractivity contribution in [2.24, 2.45) is 5.41 Å². The van der Waals surface area contributed by atoms with Gasteiger partial charge in [-0.1, -0.05) is 18.2 Å². The Morgan fingerprint density at radius 3 is 2.50 bits per heavy atom. The summed E-state index contributed by atoms with van der Waals surface area (Å²) in [5, 5.41) is 1.81. The topological polar surface area (TPSA) is 125 Å². The number of thioether (sulfide) groups is 1. The first kappa shape index (κ1) is 24.7. The van der Waals surface area contributed by atoms with E-state index in [0.717, 1.165) is 11.8 Å². The fourth-order valence-electron chi connectivity index (χ4n) is 4.33. The maximum atomic E-state index is 12.8. The predicted molar refractivity (Wildman–Crippen MR) is 135 cm³/mol. The van der Waals surface area contributed by atoms with Crippen LogP contribution in [0.5, 0.6) is 5.88 Å². The zero-order valence-electron chi connectivity index (χ0n) is 19.9. The maximum Gasteiger partial charge on any atom is 0.290 e. The number of sulfonamides is 1. The molecule has 1 N–H and O–H groups in total. The number of benzene rings is 1. The zero-order valence-corrected chi connectivity index (χ0v) is 21.5. The highest BCUT2D eigenvalue weighted by atomic mass is 32.2. The molecule has 2 amide bonds. The summed E-state index contributed by atoms with van der Waals surface area (Å²) < 4.78 is 33.0. The molecule has 3 fully saturated rings. The van der Waals surface area contributed by atoms with Crippen LogP contribution in [0.3, 0.4) is 0 Å². The molecule has 2 aromatic rings. The van der Waals surface area contributed by atoms with Crippen LogP contribution in [0.1, 0.15) is 5.69 Å². The van der Waals surface area contributed by atoms with Gasteiger partial charge in [-0.25, -0.2) is 13.4 Å². The van der Waals surface area contributed by atoms with Crippen LogP contribution in [0.25, 0.3) is 6.08 Å². The first-order valence-corrected chi connectivity index (χ1v) is 13.6. The fourth-order valence-corrected chi connectivity index (χ4v) is 6.68. The summed E-state index contributed by atoms with van der Waals surface area (Å²) in [6.45, 7) is 3.22. The van der Waals surface area contributed by atoms with Crippen molar-refractivity contribution in [3.63, 3.8) is 0 Å². The number of hydrogen-bond acceptors (Lipinski definition) is 10. The molecule has 0 unspecified atom stereocenters. The van der Waals surface area contributed by atoms with Crippen molar-refractivity contribution >= 4 is 45.0 Å². The summed E-state index contributed by atoms with van der Waals surface area (Å²) in [4.78, 5) is 37.1. The minimum absolute atomic E-state index is 0.140. The lowest BCUT2D eigenvalue weighted by Crippen LogP contribution is -2.73. The second-order valence-electron chi connectivity index (χ2n) is 9.38. The molecule has 190 valence electrons. The van der Waals surface area contributed by atoms with Gasteiger partial charge in [0.15, 0.2) is 0 Å². The molecule has 0 aliphatic carbocycles. The Balaban J connectivity index is 1.30. The van der Waals surface area contributed by atoms with Gasteiger partial charge in [-0.15, -0.1) is 0 Å². The molecular formula is C23H26N6O5S2. The molecule has 1 aromatic carbocycles. The van der Waals surface area contributed by atoms with Crippen LogP contribution in [0.2, 0.25) is 0 Å². The van der Waals surface area contributed by atoms with Gasteiger partial charge in [-0.2, -0.15) is 9.29 Å². The van der Waals surface area contributed by atoms with E-state index in [2.05, 4.69) is 15.3 Å². The largest absolute Gasteiger partial charge is 0.476 e. The van der Waals surface area contributed by atoms with E-state index >= 15 is 0 Å². The highest BCUT2D eigenvalue weighted by Crippen LogP contribution is 2.43. The lowest BCUT2D eigenvalue weighted by Gasteiger charge is -2.59. The van der Waals surface area contributed by atoms with Gasteiger partial charge in [0, 0.05) is 44.2 Å². The number of carbonyl (C=O) groups excluding carboxylic acids is 2. The van der Waals surface area contributed by atoms with Gasteiger partial charge in [0.2, 0.25) is 21.9 Å². The van der Waals surface area contributed by atoms with E-state index in [0.29, 0.717) is 61.7 Å². The second kappa shape index (κ2) is 9.47. The number of imide groups is 1. The number of aromatic nitrogens is 2. The summed E-state index contributed by atoms with van der Waals surface area (Å²) in [7, 11) is 0.381. The van der Waals surface area contributed by atoms with E-state index in [1.807, 2.05) is 23.9 Å². The smallest absolute Gasteiger partial charge is 0.290 e. The molecule has 0 saturated carbocycles. The lowest BCUT2D eigenvalue weighted by atomic mass is 9.74. The van der Waals surface area contributed by atoms with Gasteiger partial charge in [0.05, 0.1) is 15.5 Å². The van der Waals surface area contributed by atoms with Crippen molar-refractivity contribution < 1.29 is 22.7 Å². The molecule has 3 saturated heterocycles. The number of amides is 2. The van der Waals surface area contributed by atoms with Gasteiger partial charge in [0.25, 0.3) is 11.1 Å². The third kappa shape index (κ3) is 4.96. The van der Waals surface area contributed by atoms with Crippen molar-refractivity contribution in [2.75, 3.05) is 58.3 Å². The average molecular weight is 531 g/mol. The molecule has 3 aliphatic heterocycles. The Hall–Kier alpha value is -3.00. The Morgan fingerprint density at radius 1 is 1.14 bits per heavy atom. The molecular weight excluding hydrogens is 504 g/mol. The monoisotopic (exact) mass is 530 g/mol. The molecule has 11 nitrogen and oxygen atoms in total. The number of anilines is 1. The summed E-state index contributed by atoms with van der Waals surface area (Å²) in [6.07, 6.45) is 1.54. The molecule has 4 heterocycles. The summed E-state index contributed by atoms with van der Waals surface area (Å²) in [6, 6.07) is 10.1. The van der Waals surface area contributed by atoms with Crippen molar-refractivity contribution in [1.29, 1.82) is 0 Å². The van der Waals surface area contributed by atoms with Crippen molar-refractivity contribution in [3.05, 3.63) is 47.0 Å². The lowest BCUT2D eigenvalue weighted by molar-refractivity contribution is -0.115. The van der Waals surface area contributed by atoms with Gasteiger partial charge < -0.3 is 14.5 Å². The van der Waals surface area contributed by atoms with Gasteiger partial charge in [-0.05, 0) is 44.1 Å². The normalized spacial score (nSPS) is 20.5. The number of ether oxygens (including phenoxy) is 1. The zero-order chi connectivity index (χ0) is 25.5. The molecule has 3 aliphatic rings. The first-order chi connectivity index (χ1) is 17.1. The third-order valence-electron chi connectivity index (χ3n) is 6.16.